The molecule has 9 nitrogen and oxygen atoms in total. The van der Waals surface area contributed by atoms with E-state index < -0.39 is 28.5 Å². The van der Waals surface area contributed by atoms with Crippen molar-refractivity contribution in [2.45, 2.75) is 38.3 Å². The van der Waals surface area contributed by atoms with Crippen molar-refractivity contribution in [3.05, 3.63) is 83.4 Å². The molecule has 0 heterocycles. The number of hydrogen-bond donors (Lipinski definition) is 1. The van der Waals surface area contributed by atoms with Gasteiger partial charge in [0.2, 0.25) is 11.8 Å². The molecule has 214 valence electrons. The maximum Gasteiger partial charge on any atom is 0.264 e. The fraction of sp³-hybridized carbons (Fsp3) is 0.310. The normalized spacial score (nSPS) is 11.8. The summed E-state index contributed by atoms with van der Waals surface area (Å²) in [7, 11) is -2.64. The fourth-order valence-electron chi connectivity index (χ4n) is 3.97. The highest BCUT2D eigenvalue weighted by Crippen LogP contribution is 2.27. The Morgan fingerprint density at radius 1 is 0.925 bits per heavy atom. The van der Waals surface area contributed by atoms with E-state index in [1.807, 2.05) is 6.92 Å². The number of carbonyl (C=O) groups excluding carboxylic acids is 2. The molecule has 0 saturated heterocycles. The number of benzene rings is 3. The van der Waals surface area contributed by atoms with Crippen LogP contribution in [-0.2, 0) is 26.2 Å². The quantitative estimate of drug-likeness (QED) is 0.316. The first-order valence-electron chi connectivity index (χ1n) is 12.8. The summed E-state index contributed by atoms with van der Waals surface area (Å²) in [6.07, 6.45) is 0. The number of carbonyl (C=O) groups is 2. The molecule has 3 aromatic rings. The molecule has 0 saturated carbocycles. The van der Waals surface area contributed by atoms with Gasteiger partial charge in [0.25, 0.3) is 10.0 Å². The zero-order chi connectivity index (χ0) is 29.3. The lowest BCUT2D eigenvalue weighted by Gasteiger charge is -2.32. The lowest BCUT2D eigenvalue weighted by molar-refractivity contribution is -0.139. The van der Waals surface area contributed by atoms with Crippen LogP contribution in [0, 0.1) is 0 Å². The molecule has 0 spiro atoms. The predicted octanol–water partition coefficient (Wildman–Crippen LogP) is 4.50. The first-order chi connectivity index (χ1) is 19.1. The van der Waals surface area contributed by atoms with Gasteiger partial charge in [-0.25, -0.2) is 8.42 Å². The van der Waals surface area contributed by atoms with E-state index in [2.05, 4.69) is 5.32 Å². The van der Waals surface area contributed by atoms with Crippen LogP contribution >= 0.6 is 11.6 Å². The number of nitrogens with one attached hydrogen (secondary N) is 1. The van der Waals surface area contributed by atoms with Gasteiger partial charge in [0.1, 0.15) is 24.1 Å². The van der Waals surface area contributed by atoms with Crippen molar-refractivity contribution >= 4 is 39.1 Å². The van der Waals surface area contributed by atoms with Crippen LogP contribution in [-0.4, -0.2) is 58.0 Å². The van der Waals surface area contributed by atoms with Crippen molar-refractivity contribution < 1.29 is 27.5 Å². The Bertz CT molecular complexity index is 1380. The smallest absolute Gasteiger partial charge is 0.264 e. The molecule has 0 bridgehead atoms. The third kappa shape index (κ3) is 7.67. The Labute approximate surface area is 240 Å². The number of halogens is 1. The topological polar surface area (TPSA) is 105 Å². The molecule has 40 heavy (non-hydrogen) atoms. The van der Waals surface area contributed by atoms with Gasteiger partial charge in [0, 0.05) is 18.1 Å². The van der Waals surface area contributed by atoms with Crippen LogP contribution in [0.2, 0.25) is 5.02 Å². The summed E-state index contributed by atoms with van der Waals surface area (Å²) >= 11 is 5.99. The molecule has 0 fully saturated rings. The van der Waals surface area contributed by atoms with E-state index in [9.17, 15) is 18.0 Å². The van der Waals surface area contributed by atoms with Crippen LogP contribution in [0.3, 0.4) is 0 Å². The average molecular weight is 588 g/mol. The maximum absolute atomic E-state index is 13.9. The third-order valence-corrected chi connectivity index (χ3v) is 8.19. The van der Waals surface area contributed by atoms with Gasteiger partial charge in [-0.3, -0.25) is 13.9 Å². The molecule has 0 aromatic heterocycles. The lowest BCUT2D eigenvalue weighted by Crippen LogP contribution is -2.51. The summed E-state index contributed by atoms with van der Waals surface area (Å²) in [5, 5.41) is 3.12. The second kappa shape index (κ2) is 14.0. The Morgan fingerprint density at radius 2 is 1.52 bits per heavy atom. The molecule has 0 unspecified atom stereocenters. The predicted molar refractivity (Wildman–Crippen MR) is 155 cm³/mol. The Balaban J connectivity index is 2.02. The fourth-order valence-corrected chi connectivity index (χ4v) is 5.51. The summed E-state index contributed by atoms with van der Waals surface area (Å²) < 4.78 is 39.4. The lowest BCUT2D eigenvalue weighted by atomic mass is 10.1. The number of sulfonamides is 1. The summed E-state index contributed by atoms with van der Waals surface area (Å²) in [6.45, 7) is 5.61. The average Bonchev–Trinajstić information content (AvgIpc) is 2.95. The minimum atomic E-state index is -4.19. The van der Waals surface area contributed by atoms with Crippen LogP contribution in [0.4, 0.5) is 5.69 Å². The Kier molecular flexibility index (Phi) is 10.8. The third-order valence-electron chi connectivity index (χ3n) is 6.15. The van der Waals surface area contributed by atoms with Gasteiger partial charge >= 0.3 is 0 Å². The van der Waals surface area contributed by atoms with Crippen LogP contribution in [0.5, 0.6) is 11.5 Å². The van der Waals surface area contributed by atoms with Crippen LogP contribution in [0.1, 0.15) is 26.3 Å². The van der Waals surface area contributed by atoms with E-state index in [-0.39, 0.29) is 23.0 Å². The minimum Gasteiger partial charge on any atom is -0.497 e. The van der Waals surface area contributed by atoms with Gasteiger partial charge in [0.05, 0.1) is 24.3 Å². The van der Waals surface area contributed by atoms with E-state index in [4.69, 9.17) is 21.1 Å². The van der Waals surface area contributed by atoms with Gasteiger partial charge in [0.15, 0.2) is 0 Å². The molecule has 3 aromatic carbocycles. The summed E-state index contributed by atoms with van der Waals surface area (Å²) in [5.74, 6) is 0.306. The van der Waals surface area contributed by atoms with Crippen molar-refractivity contribution in [1.82, 2.24) is 10.2 Å². The molecule has 1 N–H and O–H groups in total. The zero-order valence-electron chi connectivity index (χ0n) is 23.0. The number of ether oxygens (including phenoxy) is 2. The number of rotatable bonds is 13. The monoisotopic (exact) mass is 587 g/mol. The van der Waals surface area contributed by atoms with Crippen LogP contribution in [0.25, 0.3) is 0 Å². The minimum absolute atomic E-state index is 0.0305. The number of amides is 2. The van der Waals surface area contributed by atoms with Crippen molar-refractivity contribution in [1.29, 1.82) is 0 Å². The Hall–Kier alpha value is -3.76. The van der Waals surface area contributed by atoms with E-state index in [1.165, 1.54) is 29.2 Å². The Morgan fingerprint density at radius 3 is 2.08 bits per heavy atom. The largest absolute Gasteiger partial charge is 0.497 e. The van der Waals surface area contributed by atoms with Gasteiger partial charge in [-0.05, 0) is 87.0 Å². The highest BCUT2D eigenvalue weighted by Gasteiger charge is 2.32. The molecule has 11 heteroatoms. The highest BCUT2D eigenvalue weighted by molar-refractivity contribution is 7.92. The summed E-state index contributed by atoms with van der Waals surface area (Å²) in [6, 6.07) is 18.4. The number of anilines is 1. The number of likely N-dealkylation sites (N-methyl/N-ethyl adjacent to an activating group) is 1. The van der Waals surface area contributed by atoms with Crippen LogP contribution < -0.4 is 19.1 Å². The van der Waals surface area contributed by atoms with Gasteiger partial charge < -0.3 is 19.7 Å². The SMILES string of the molecule is CCNC(=O)[C@@H](C)N(Cc1ccc(OC)cc1)C(=O)CN(c1ccc(OCC)cc1)S(=O)(=O)c1ccc(Cl)cc1. The second-order valence-electron chi connectivity index (χ2n) is 8.83. The molecular formula is C29H34ClN3O6S. The second-order valence-corrected chi connectivity index (χ2v) is 11.1. The molecule has 2 amide bonds. The molecule has 0 aliphatic carbocycles. The standard InChI is InChI=1S/C29H34ClN3O6S/c1-5-31-29(35)21(3)32(19-22-7-13-25(38-4)14-8-22)28(34)20-33(24-11-15-26(16-12-24)39-6-2)40(36,37)27-17-9-23(30)10-18-27/h7-18,21H,5-6,19-20H2,1-4H3,(H,31,35)/t21-/m1/s1. The first-order valence-corrected chi connectivity index (χ1v) is 14.6. The zero-order valence-corrected chi connectivity index (χ0v) is 24.5. The van der Waals surface area contributed by atoms with Gasteiger partial charge in [-0.2, -0.15) is 0 Å². The molecule has 0 radical (unpaired) electrons. The van der Waals surface area contributed by atoms with E-state index >= 15 is 0 Å². The molecule has 0 aliphatic rings. The molecule has 3 rings (SSSR count). The number of hydrogen-bond acceptors (Lipinski definition) is 6. The van der Waals surface area contributed by atoms with E-state index in [0.717, 1.165) is 9.87 Å². The number of nitrogens with zero attached hydrogens (tertiary/aromatic N) is 2. The maximum atomic E-state index is 13.9. The summed E-state index contributed by atoms with van der Waals surface area (Å²) in [5.41, 5.74) is 1.01. The molecule has 1 atom stereocenters. The first kappa shape index (κ1) is 30.8. The van der Waals surface area contributed by atoms with Gasteiger partial charge in [-0.15, -0.1) is 0 Å². The molecule has 0 aliphatic heterocycles. The van der Waals surface area contributed by atoms with Gasteiger partial charge in [-0.1, -0.05) is 23.7 Å². The molecular weight excluding hydrogens is 554 g/mol. The van der Waals surface area contributed by atoms with E-state index in [1.54, 1.807) is 69.5 Å². The number of methoxy groups -OCH3 is 1. The highest BCUT2D eigenvalue weighted by atomic mass is 35.5. The van der Waals surface area contributed by atoms with Crippen molar-refractivity contribution in [2.24, 2.45) is 0 Å². The van der Waals surface area contributed by atoms with Crippen molar-refractivity contribution in [3.8, 4) is 11.5 Å². The summed E-state index contributed by atoms with van der Waals surface area (Å²) in [4.78, 5) is 28.0. The van der Waals surface area contributed by atoms with Crippen molar-refractivity contribution in [3.63, 3.8) is 0 Å². The van der Waals surface area contributed by atoms with E-state index in [0.29, 0.717) is 29.7 Å². The van der Waals surface area contributed by atoms with Crippen LogP contribution in [0.15, 0.2) is 77.7 Å². The van der Waals surface area contributed by atoms with Crippen molar-refractivity contribution in [2.75, 3.05) is 31.1 Å².